The van der Waals surface area contributed by atoms with Gasteiger partial charge in [-0.1, -0.05) is 0 Å². The van der Waals surface area contributed by atoms with Gasteiger partial charge in [0.05, 0.1) is 10.5 Å². The largest absolute Gasteiger partial charge is 0.385 e. The second kappa shape index (κ2) is 6.61. The highest BCUT2D eigenvalue weighted by Crippen LogP contribution is 2.18. The Bertz CT molecular complexity index is 581. The summed E-state index contributed by atoms with van der Waals surface area (Å²) in [6.45, 7) is 0.738. The van der Waals surface area contributed by atoms with Crippen LogP contribution in [0.15, 0.2) is 23.1 Å². The van der Waals surface area contributed by atoms with Gasteiger partial charge in [0.15, 0.2) is 0 Å². The molecule has 19 heavy (non-hydrogen) atoms. The average Bonchev–Trinajstić information content (AvgIpc) is 2.39. The van der Waals surface area contributed by atoms with Crippen LogP contribution in [0.3, 0.4) is 0 Å². The summed E-state index contributed by atoms with van der Waals surface area (Å²) in [4.78, 5) is -0.0923. The molecule has 0 fully saturated rings. The van der Waals surface area contributed by atoms with E-state index in [1.807, 2.05) is 0 Å². The van der Waals surface area contributed by atoms with E-state index < -0.39 is 15.8 Å². The minimum absolute atomic E-state index is 0.0923. The maximum absolute atomic E-state index is 13.2. The summed E-state index contributed by atoms with van der Waals surface area (Å²) in [7, 11) is -0.742. The van der Waals surface area contributed by atoms with Gasteiger partial charge in [0.2, 0.25) is 10.0 Å². The number of hydrogen-bond acceptors (Lipinski definition) is 4. The monoisotopic (exact) mass is 286 g/mol. The molecule has 104 valence electrons. The summed E-state index contributed by atoms with van der Waals surface area (Å²) in [5, 5.41) is 8.71. The van der Waals surface area contributed by atoms with Crippen molar-refractivity contribution in [3.05, 3.63) is 29.6 Å². The van der Waals surface area contributed by atoms with E-state index in [1.165, 1.54) is 14.2 Å². The summed E-state index contributed by atoms with van der Waals surface area (Å²) in [6.07, 6.45) is 0.554. The van der Waals surface area contributed by atoms with Gasteiger partial charge in [0, 0.05) is 27.3 Å². The lowest BCUT2D eigenvalue weighted by Gasteiger charge is -2.17. The minimum atomic E-state index is -3.71. The Morgan fingerprint density at radius 3 is 2.74 bits per heavy atom. The van der Waals surface area contributed by atoms with Gasteiger partial charge in [-0.15, -0.1) is 0 Å². The summed E-state index contributed by atoms with van der Waals surface area (Å²) >= 11 is 0. The third-order valence-corrected chi connectivity index (χ3v) is 4.44. The van der Waals surface area contributed by atoms with E-state index in [0.29, 0.717) is 13.0 Å². The molecule has 0 heterocycles. The molecular formula is C12H15FN2O3S. The molecule has 7 heteroatoms. The van der Waals surface area contributed by atoms with Gasteiger partial charge >= 0.3 is 0 Å². The molecule has 1 rings (SSSR count). The van der Waals surface area contributed by atoms with Crippen LogP contribution in [0.2, 0.25) is 0 Å². The fourth-order valence-electron chi connectivity index (χ4n) is 1.48. The molecule has 0 amide bonds. The van der Waals surface area contributed by atoms with Crippen LogP contribution in [0.4, 0.5) is 4.39 Å². The molecule has 0 aromatic heterocycles. The van der Waals surface area contributed by atoms with Crippen molar-refractivity contribution in [2.45, 2.75) is 11.3 Å². The van der Waals surface area contributed by atoms with Crippen molar-refractivity contribution in [2.24, 2.45) is 0 Å². The topological polar surface area (TPSA) is 70.4 Å². The van der Waals surface area contributed by atoms with Crippen molar-refractivity contribution in [3.63, 3.8) is 0 Å². The first kappa shape index (κ1) is 15.6. The average molecular weight is 286 g/mol. The van der Waals surface area contributed by atoms with Gasteiger partial charge in [-0.25, -0.2) is 17.1 Å². The number of rotatable bonds is 6. The highest BCUT2D eigenvalue weighted by molar-refractivity contribution is 7.89. The molecule has 0 atom stereocenters. The maximum Gasteiger partial charge on any atom is 0.242 e. The van der Waals surface area contributed by atoms with Crippen molar-refractivity contribution in [1.29, 1.82) is 5.26 Å². The zero-order chi connectivity index (χ0) is 14.5. The van der Waals surface area contributed by atoms with Crippen molar-refractivity contribution >= 4 is 10.0 Å². The van der Waals surface area contributed by atoms with Gasteiger partial charge in [0.1, 0.15) is 11.9 Å². The van der Waals surface area contributed by atoms with Crippen LogP contribution < -0.4 is 0 Å². The van der Waals surface area contributed by atoms with Crippen LogP contribution in [0.1, 0.15) is 12.0 Å². The number of hydrogen-bond donors (Lipinski definition) is 0. The normalized spacial score (nSPS) is 11.5. The Balaban J connectivity index is 2.97. The molecule has 0 N–H and O–H groups in total. The first-order chi connectivity index (χ1) is 8.93. The van der Waals surface area contributed by atoms with Crippen LogP contribution >= 0.6 is 0 Å². The Hall–Kier alpha value is -1.49. The lowest BCUT2D eigenvalue weighted by Crippen LogP contribution is -2.28. The third-order valence-electron chi connectivity index (χ3n) is 2.59. The lowest BCUT2D eigenvalue weighted by molar-refractivity contribution is 0.189. The fraction of sp³-hybridized carbons (Fsp3) is 0.417. The second-order valence-corrected chi connectivity index (χ2v) is 5.97. The highest BCUT2D eigenvalue weighted by atomic mass is 32.2. The number of ether oxygens (including phenoxy) is 1. The summed E-state index contributed by atoms with van der Waals surface area (Å²) in [5.74, 6) is -0.733. The first-order valence-corrected chi connectivity index (χ1v) is 7.02. The molecule has 0 bridgehead atoms. The number of benzene rings is 1. The van der Waals surface area contributed by atoms with Gasteiger partial charge < -0.3 is 4.74 Å². The van der Waals surface area contributed by atoms with Crippen molar-refractivity contribution in [3.8, 4) is 6.07 Å². The molecule has 5 nitrogen and oxygen atoms in total. The quantitative estimate of drug-likeness (QED) is 0.740. The number of nitriles is 1. The molecule has 0 radical (unpaired) electrons. The van der Waals surface area contributed by atoms with Crippen LogP contribution in [-0.2, 0) is 14.8 Å². The van der Waals surface area contributed by atoms with E-state index >= 15 is 0 Å². The van der Waals surface area contributed by atoms with E-state index in [9.17, 15) is 12.8 Å². The Morgan fingerprint density at radius 2 is 2.16 bits per heavy atom. The van der Waals surface area contributed by atoms with Gasteiger partial charge in [-0.3, -0.25) is 0 Å². The lowest BCUT2D eigenvalue weighted by atomic mass is 10.2. The second-order valence-electron chi connectivity index (χ2n) is 3.93. The number of sulfonamides is 1. The molecular weight excluding hydrogens is 271 g/mol. The Kier molecular flexibility index (Phi) is 5.42. The minimum Gasteiger partial charge on any atom is -0.385 e. The van der Waals surface area contributed by atoms with Gasteiger partial charge in [0.25, 0.3) is 0 Å². The van der Waals surface area contributed by atoms with Crippen molar-refractivity contribution < 1.29 is 17.5 Å². The summed E-state index contributed by atoms with van der Waals surface area (Å²) < 4.78 is 43.5. The number of methoxy groups -OCH3 is 1. The van der Waals surface area contributed by atoms with Crippen molar-refractivity contribution in [2.75, 3.05) is 27.3 Å². The zero-order valence-electron chi connectivity index (χ0n) is 10.8. The maximum atomic E-state index is 13.2. The highest BCUT2D eigenvalue weighted by Gasteiger charge is 2.21. The molecule has 0 aliphatic carbocycles. The predicted molar refractivity (Wildman–Crippen MR) is 67.4 cm³/mol. The molecule has 0 aliphatic rings. The third kappa shape index (κ3) is 3.73. The molecule has 0 spiro atoms. The van der Waals surface area contributed by atoms with E-state index in [2.05, 4.69) is 0 Å². The van der Waals surface area contributed by atoms with Crippen LogP contribution in [-0.4, -0.2) is 40.0 Å². The van der Waals surface area contributed by atoms with Crippen LogP contribution in [0.25, 0.3) is 0 Å². The molecule has 0 saturated carbocycles. The molecule has 0 unspecified atom stereocenters. The number of halogens is 1. The van der Waals surface area contributed by atoms with E-state index in [1.54, 1.807) is 6.07 Å². The predicted octanol–water partition coefficient (Wildman–Crippen LogP) is 1.35. The molecule has 0 aliphatic heterocycles. The smallest absolute Gasteiger partial charge is 0.242 e. The first-order valence-electron chi connectivity index (χ1n) is 5.58. The fourth-order valence-corrected chi connectivity index (χ4v) is 2.72. The van der Waals surface area contributed by atoms with E-state index in [-0.39, 0.29) is 17.0 Å². The SMILES string of the molecule is COCCCN(C)S(=O)(=O)c1ccc(F)c(C#N)c1. The summed E-state index contributed by atoms with van der Waals surface area (Å²) in [5.41, 5.74) is -0.286. The Labute approximate surface area is 112 Å². The molecule has 1 aromatic carbocycles. The van der Waals surface area contributed by atoms with E-state index in [4.69, 9.17) is 10.00 Å². The Morgan fingerprint density at radius 1 is 1.47 bits per heavy atom. The number of nitrogens with zero attached hydrogens (tertiary/aromatic N) is 2. The van der Waals surface area contributed by atoms with Crippen molar-refractivity contribution in [1.82, 2.24) is 4.31 Å². The standard InChI is InChI=1S/C12H15FN2O3S/c1-15(6-3-7-18-2)19(16,17)11-4-5-12(13)10(8-11)9-14/h4-5,8H,3,6-7H2,1-2H3. The van der Waals surface area contributed by atoms with E-state index in [0.717, 1.165) is 22.5 Å². The molecule has 1 aromatic rings. The van der Waals surface area contributed by atoms with Gasteiger partial charge in [-0.05, 0) is 24.6 Å². The molecule has 0 saturated heterocycles. The van der Waals surface area contributed by atoms with Crippen LogP contribution in [0, 0.1) is 17.1 Å². The zero-order valence-corrected chi connectivity index (χ0v) is 11.6. The summed E-state index contributed by atoms with van der Waals surface area (Å²) in [6, 6.07) is 4.79. The van der Waals surface area contributed by atoms with Crippen LogP contribution in [0.5, 0.6) is 0 Å². The van der Waals surface area contributed by atoms with Gasteiger partial charge in [-0.2, -0.15) is 5.26 Å².